The number of para-hydroxylation sites is 1. The summed E-state index contributed by atoms with van der Waals surface area (Å²) in [7, 11) is 0. The first kappa shape index (κ1) is 21.0. The highest BCUT2D eigenvalue weighted by Gasteiger charge is 2.37. The summed E-state index contributed by atoms with van der Waals surface area (Å²) in [6, 6.07) is 9.50. The zero-order chi connectivity index (χ0) is 17.6. The van der Waals surface area contributed by atoms with Crippen molar-refractivity contribution in [3.8, 4) is 5.75 Å². The number of rotatable bonds is 4. The number of benzene rings is 1. The Morgan fingerprint density at radius 1 is 1.04 bits per heavy atom. The number of halogens is 1. The number of quaternary nitrogens is 1. The van der Waals surface area contributed by atoms with E-state index in [4.69, 9.17) is 14.2 Å². The lowest BCUT2D eigenvalue weighted by molar-refractivity contribution is -0.410. The third kappa shape index (κ3) is 5.60. The molecule has 26 heavy (non-hydrogen) atoms. The van der Waals surface area contributed by atoms with Crippen molar-refractivity contribution < 1.29 is 37.1 Å². The van der Waals surface area contributed by atoms with Crippen molar-refractivity contribution in [3.05, 3.63) is 30.3 Å². The summed E-state index contributed by atoms with van der Waals surface area (Å²) in [4.78, 5) is 12.2. The minimum atomic E-state index is -0.343. The highest BCUT2D eigenvalue weighted by atomic mass is 35.5. The average molecular weight is 384 g/mol. The Bertz CT molecular complexity index is 550. The lowest BCUT2D eigenvalue weighted by Crippen LogP contribution is -3.00. The molecule has 1 aromatic carbocycles. The van der Waals surface area contributed by atoms with Crippen LogP contribution in [-0.4, -0.2) is 36.4 Å². The van der Waals surface area contributed by atoms with Crippen LogP contribution in [0.1, 0.15) is 51.9 Å². The largest absolute Gasteiger partial charge is 1.00 e. The van der Waals surface area contributed by atoms with Crippen LogP contribution in [0.3, 0.4) is 0 Å². The van der Waals surface area contributed by atoms with E-state index in [-0.39, 0.29) is 48.8 Å². The molecule has 0 spiro atoms. The van der Waals surface area contributed by atoms with Gasteiger partial charge >= 0.3 is 5.97 Å². The molecule has 2 aliphatic rings. The monoisotopic (exact) mass is 383 g/mol. The highest BCUT2D eigenvalue weighted by molar-refractivity contribution is 5.74. The average Bonchev–Trinajstić information content (AvgIpc) is 3.13. The van der Waals surface area contributed by atoms with Crippen LogP contribution >= 0.6 is 0 Å². The molecule has 1 aromatic rings. The van der Waals surface area contributed by atoms with Gasteiger partial charge in [-0.3, -0.25) is 0 Å². The maximum atomic E-state index is 12.2. The second-order valence-electron chi connectivity index (χ2n) is 7.25. The molecule has 146 valence electrons. The zero-order valence-electron chi connectivity index (χ0n) is 15.4. The van der Waals surface area contributed by atoms with E-state index in [0.29, 0.717) is 0 Å². The van der Waals surface area contributed by atoms with E-state index in [9.17, 15) is 4.79 Å². The predicted octanol–water partition coefficient (Wildman–Crippen LogP) is -0.508. The third-order valence-electron chi connectivity index (χ3n) is 5.19. The van der Waals surface area contributed by atoms with Gasteiger partial charge in [0.2, 0.25) is 0 Å². The molecule has 0 unspecified atom stereocenters. The van der Waals surface area contributed by atoms with Gasteiger partial charge in [0.15, 0.2) is 6.04 Å². The van der Waals surface area contributed by atoms with Crippen LogP contribution in [0, 0.1) is 0 Å². The molecule has 0 bridgehead atoms. The van der Waals surface area contributed by atoms with Crippen molar-refractivity contribution in [2.45, 2.75) is 82.3 Å². The van der Waals surface area contributed by atoms with Crippen molar-refractivity contribution in [3.63, 3.8) is 0 Å². The number of ether oxygens (including phenoxy) is 3. The molecule has 5 nitrogen and oxygen atoms in total. The van der Waals surface area contributed by atoms with Gasteiger partial charge in [0.05, 0.1) is 6.10 Å². The number of hydrogen-bond acceptors (Lipinski definition) is 4. The van der Waals surface area contributed by atoms with Gasteiger partial charge in [0.25, 0.3) is 0 Å². The number of carbonyl (C=O) groups is 1. The van der Waals surface area contributed by atoms with Crippen LogP contribution in [-0.2, 0) is 14.3 Å². The molecule has 6 heteroatoms. The van der Waals surface area contributed by atoms with Crippen LogP contribution in [0.25, 0.3) is 0 Å². The van der Waals surface area contributed by atoms with E-state index in [0.717, 1.165) is 37.9 Å². The molecule has 1 saturated heterocycles. The topological polar surface area (TPSA) is 72.4 Å². The fourth-order valence-electron chi connectivity index (χ4n) is 3.74. The Kier molecular flexibility index (Phi) is 8.19. The molecule has 1 aliphatic carbocycles. The molecule has 1 saturated carbocycles. The lowest BCUT2D eigenvalue weighted by atomic mass is 10.0. The molecule has 1 aliphatic heterocycles. The number of cyclic esters (lactones) is 1. The standard InChI is InChI=1S/C20H29NO4.ClH/c1-14-19(25-16-10-5-6-11-16)18(24-15-8-3-2-4-9-15)13-7-12-17(21)20(22)23-14;/h2-4,8-9,14,16-19H,5-7,10-13,21H2,1H3;1H/t14-,17-,18-,19-;/m0./s1. The fourth-order valence-corrected chi connectivity index (χ4v) is 3.74. The number of carbonyl (C=O) groups excluding carboxylic acids is 1. The first-order valence-electron chi connectivity index (χ1n) is 9.54. The first-order valence-corrected chi connectivity index (χ1v) is 9.54. The molecule has 3 rings (SSSR count). The van der Waals surface area contributed by atoms with Crippen LogP contribution < -0.4 is 22.9 Å². The molecule has 4 atom stereocenters. The van der Waals surface area contributed by atoms with Crippen molar-refractivity contribution in [2.75, 3.05) is 0 Å². The smallest absolute Gasteiger partial charge is 0.365 e. The molecule has 1 heterocycles. The summed E-state index contributed by atoms with van der Waals surface area (Å²) in [6.45, 7) is 1.91. The van der Waals surface area contributed by atoms with Crippen molar-refractivity contribution >= 4 is 5.97 Å². The van der Waals surface area contributed by atoms with Crippen LogP contribution in [0.4, 0.5) is 0 Å². The van der Waals surface area contributed by atoms with Gasteiger partial charge in [-0.25, -0.2) is 4.79 Å². The van der Waals surface area contributed by atoms with E-state index in [1.54, 1.807) is 0 Å². The Balaban J connectivity index is 0.00000243. The zero-order valence-corrected chi connectivity index (χ0v) is 16.2. The summed E-state index contributed by atoms with van der Waals surface area (Å²) >= 11 is 0. The Hall–Kier alpha value is -1.30. The molecule has 0 aromatic heterocycles. The summed E-state index contributed by atoms with van der Waals surface area (Å²) in [5.74, 6) is 0.601. The maximum absolute atomic E-state index is 12.2. The Morgan fingerprint density at radius 3 is 2.42 bits per heavy atom. The summed E-state index contributed by atoms with van der Waals surface area (Å²) < 4.78 is 18.3. The van der Waals surface area contributed by atoms with Crippen molar-refractivity contribution in [1.82, 2.24) is 0 Å². The van der Waals surface area contributed by atoms with Crippen molar-refractivity contribution in [2.24, 2.45) is 0 Å². The van der Waals surface area contributed by atoms with E-state index < -0.39 is 0 Å². The van der Waals surface area contributed by atoms with Crippen molar-refractivity contribution in [1.29, 1.82) is 0 Å². The molecular weight excluding hydrogens is 354 g/mol. The van der Waals surface area contributed by atoms with E-state index in [1.807, 2.05) is 37.3 Å². The van der Waals surface area contributed by atoms with Gasteiger partial charge in [-0.1, -0.05) is 31.0 Å². The molecular formula is C20H30ClNO4. The van der Waals surface area contributed by atoms with Gasteiger partial charge in [0.1, 0.15) is 24.1 Å². The van der Waals surface area contributed by atoms with Crippen LogP contribution in [0.5, 0.6) is 5.75 Å². The SMILES string of the molecule is C[C@@H]1OC(=O)[C@@H]([NH3+])CCC[C@H](Oc2ccccc2)[C@H]1OC1CCCC1.[Cl-]. The summed E-state index contributed by atoms with van der Waals surface area (Å²) in [5, 5.41) is 0. The molecule has 0 radical (unpaired) electrons. The normalized spacial score (nSPS) is 30.5. The van der Waals surface area contributed by atoms with Gasteiger partial charge in [-0.15, -0.1) is 0 Å². The molecule has 2 fully saturated rings. The first-order chi connectivity index (χ1) is 12.1. The summed E-state index contributed by atoms with van der Waals surface area (Å²) in [5.41, 5.74) is 3.94. The Labute approximate surface area is 162 Å². The van der Waals surface area contributed by atoms with Crippen LogP contribution in [0.2, 0.25) is 0 Å². The van der Waals surface area contributed by atoms with Gasteiger partial charge in [0, 0.05) is 6.42 Å². The quantitative estimate of drug-likeness (QED) is 0.711. The summed E-state index contributed by atoms with van der Waals surface area (Å²) in [6.07, 6.45) is 6.50. The number of esters is 1. The van der Waals surface area contributed by atoms with Gasteiger partial charge < -0.3 is 32.4 Å². The maximum Gasteiger partial charge on any atom is 0.365 e. The minimum absolute atomic E-state index is 0. The minimum Gasteiger partial charge on any atom is -1.00 e. The molecule has 3 N–H and O–H groups in total. The van der Waals surface area contributed by atoms with Gasteiger partial charge in [-0.05, 0) is 44.7 Å². The van der Waals surface area contributed by atoms with E-state index >= 15 is 0 Å². The van der Waals surface area contributed by atoms with Crippen LogP contribution in [0.15, 0.2) is 30.3 Å². The third-order valence-corrected chi connectivity index (χ3v) is 5.19. The second kappa shape index (κ2) is 10.1. The van der Waals surface area contributed by atoms with E-state index in [2.05, 4.69) is 5.73 Å². The van der Waals surface area contributed by atoms with E-state index in [1.165, 1.54) is 12.8 Å². The highest BCUT2D eigenvalue weighted by Crippen LogP contribution is 2.28. The fraction of sp³-hybridized carbons (Fsp3) is 0.650. The lowest BCUT2D eigenvalue weighted by Gasteiger charge is -2.33. The number of hydrogen-bond donors (Lipinski definition) is 1. The predicted molar refractivity (Wildman–Crippen MR) is 94.1 cm³/mol. The van der Waals surface area contributed by atoms with Gasteiger partial charge in [-0.2, -0.15) is 0 Å². The molecule has 0 amide bonds. The Morgan fingerprint density at radius 2 is 1.73 bits per heavy atom. The second-order valence-corrected chi connectivity index (χ2v) is 7.25.